The summed E-state index contributed by atoms with van der Waals surface area (Å²) in [5.41, 5.74) is 0.852. The molecule has 1 nitrogen and oxygen atoms in total. The predicted octanol–water partition coefficient (Wildman–Crippen LogP) is 5.24. The first-order valence-electron chi connectivity index (χ1n) is 6.92. The van der Waals surface area contributed by atoms with Gasteiger partial charge in [0.25, 0.3) is 0 Å². The SMILES string of the molecule is CCCCC(CCBr)CCC(=O)c1ccccc1. The van der Waals surface area contributed by atoms with Gasteiger partial charge in [-0.1, -0.05) is 72.4 Å². The molecule has 1 atom stereocenters. The molecule has 0 saturated carbocycles. The topological polar surface area (TPSA) is 17.1 Å². The summed E-state index contributed by atoms with van der Waals surface area (Å²) in [7, 11) is 0. The van der Waals surface area contributed by atoms with Crippen LogP contribution >= 0.6 is 15.9 Å². The maximum Gasteiger partial charge on any atom is 0.162 e. The average molecular weight is 311 g/mol. The van der Waals surface area contributed by atoms with Crippen LogP contribution in [-0.4, -0.2) is 11.1 Å². The van der Waals surface area contributed by atoms with Gasteiger partial charge in [-0.15, -0.1) is 0 Å². The lowest BCUT2D eigenvalue weighted by molar-refractivity contribution is 0.0972. The van der Waals surface area contributed by atoms with E-state index < -0.39 is 0 Å². The van der Waals surface area contributed by atoms with Crippen molar-refractivity contribution in [2.24, 2.45) is 5.92 Å². The first-order chi connectivity index (χ1) is 8.77. The van der Waals surface area contributed by atoms with E-state index in [0.717, 1.165) is 17.3 Å². The maximum atomic E-state index is 12.0. The standard InChI is InChI=1S/C16H23BrO/c1-2-3-7-14(12-13-17)10-11-16(18)15-8-5-4-6-9-15/h4-6,8-9,14H,2-3,7,10-13H2,1H3. The number of alkyl halides is 1. The van der Waals surface area contributed by atoms with Crippen molar-refractivity contribution in [2.75, 3.05) is 5.33 Å². The van der Waals surface area contributed by atoms with Gasteiger partial charge in [0.05, 0.1) is 0 Å². The van der Waals surface area contributed by atoms with Crippen molar-refractivity contribution in [1.29, 1.82) is 0 Å². The monoisotopic (exact) mass is 310 g/mol. The lowest BCUT2D eigenvalue weighted by atomic mass is 9.92. The van der Waals surface area contributed by atoms with Gasteiger partial charge < -0.3 is 0 Å². The third kappa shape index (κ3) is 5.81. The summed E-state index contributed by atoms with van der Waals surface area (Å²) >= 11 is 3.51. The third-order valence-electron chi connectivity index (χ3n) is 3.36. The van der Waals surface area contributed by atoms with Crippen molar-refractivity contribution in [3.8, 4) is 0 Å². The second-order valence-electron chi connectivity index (χ2n) is 4.81. The average Bonchev–Trinajstić information content (AvgIpc) is 2.42. The van der Waals surface area contributed by atoms with E-state index in [1.165, 1.54) is 25.7 Å². The number of hydrogen-bond acceptors (Lipinski definition) is 1. The van der Waals surface area contributed by atoms with Crippen LogP contribution in [0, 0.1) is 5.92 Å². The van der Waals surface area contributed by atoms with E-state index in [1.54, 1.807) is 0 Å². The molecule has 0 saturated heterocycles. The van der Waals surface area contributed by atoms with Crippen molar-refractivity contribution in [2.45, 2.75) is 45.4 Å². The minimum Gasteiger partial charge on any atom is -0.294 e. The maximum absolute atomic E-state index is 12.0. The largest absolute Gasteiger partial charge is 0.294 e. The van der Waals surface area contributed by atoms with Gasteiger partial charge in [0.2, 0.25) is 0 Å². The van der Waals surface area contributed by atoms with E-state index >= 15 is 0 Å². The summed E-state index contributed by atoms with van der Waals surface area (Å²) in [5.74, 6) is 0.976. The summed E-state index contributed by atoms with van der Waals surface area (Å²) in [4.78, 5) is 12.0. The van der Waals surface area contributed by atoms with Crippen LogP contribution in [0.1, 0.15) is 55.8 Å². The molecule has 0 aliphatic rings. The van der Waals surface area contributed by atoms with Crippen LogP contribution in [0.15, 0.2) is 30.3 Å². The van der Waals surface area contributed by atoms with Gasteiger partial charge in [0, 0.05) is 17.3 Å². The van der Waals surface area contributed by atoms with Crippen LogP contribution < -0.4 is 0 Å². The van der Waals surface area contributed by atoms with Crippen molar-refractivity contribution < 1.29 is 4.79 Å². The molecule has 1 aromatic carbocycles. The number of carbonyl (C=O) groups excluding carboxylic acids is 1. The Balaban J connectivity index is 2.39. The van der Waals surface area contributed by atoms with Gasteiger partial charge in [-0.2, -0.15) is 0 Å². The number of carbonyl (C=O) groups is 1. The molecule has 0 amide bonds. The quantitative estimate of drug-likeness (QED) is 0.450. The highest BCUT2D eigenvalue weighted by atomic mass is 79.9. The van der Waals surface area contributed by atoms with E-state index in [1.807, 2.05) is 30.3 Å². The fraction of sp³-hybridized carbons (Fsp3) is 0.562. The fourth-order valence-corrected chi connectivity index (χ4v) is 2.83. The minimum absolute atomic E-state index is 0.284. The van der Waals surface area contributed by atoms with Gasteiger partial charge in [-0.25, -0.2) is 0 Å². The Kier molecular flexibility index (Phi) is 7.99. The number of benzene rings is 1. The van der Waals surface area contributed by atoms with Crippen LogP contribution in [0.4, 0.5) is 0 Å². The highest BCUT2D eigenvalue weighted by Gasteiger charge is 2.11. The number of hydrogen-bond donors (Lipinski definition) is 0. The lowest BCUT2D eigenvalue weighted by Gasteiger charge is -2.14. The third-order valence-corrected chi connectivity index (χ3v) is 3.82. The van der Waals surface area contributed by atoms with Crippen molar-refractivity contribution in [3.05, 3.63) is 35.9 Å². The Hall–Kier alpha value is -0.630. The number of rotatable bonds is 9. The minimum atomic E-state index is 0.284. The van der Waals surface area contributed by atoms with Crippen LogP contribution in [0.3, 0.4) is 0 Å². The van der Waals surface area contributed by atoms with E-state index in [4.69, 9.17) is 0 Å². The Morgan fingerprint density at radius 3 is 2.50 bits per heavy atom. The molecule has 1 aromatic rings. The highest BCUT2D eigenvalue weighted by molar-refractivity contribution is 9.09. The molecule has 0 aliphatic heterocycles. The molecule has 0 aromatic heterocycles. The van der Waals surface area contributed by atoms with Gasteiger partial charge in [0.1, 0.15) is 0 Å². The van der Waals surface area contributed by atoms with E-state index in [0.29, 0.717) is 12.3 Å². The zero-order valence-corrected chi connectivity index (χ0v) is 12.8. The Morgan fingerprint density at radius 2 is 1.89 bits per heavy atom. The van der Waals surface area contributed by atoms with Crippen molar-refractivity contribution in [1.82, 2.24) is 0 Å². The molecule has 0 radical (unpaired) electrons. The summed E-state index contributed by atoms with van der Waals surface area (Å²) in [5, 5.41) is 1.04. The van der Waals surface area contributed by atoms with Crippen LogP contribution in [0.5, 0.6) is 0 Å². The fourth-order valence-electron chi connectivity index (χ4n) is 2.18. The molecule has 0 heterocycles. The number of ketones is 1. The molecule has 1 rings (SSSR count). The van der Waals surface area contributed by atoms with E-state index in [9.17, 15) is 4.79 Å². The summed E-state index contributed by atoms with van der Waals surface area (Å²) in [6, 6.07) is 9.63. The van der Waals surface area contributed by atoms with Gasteiger partial charge in [-0.05, 0) is 18.8 Å². The van der Waals surface area contributed by atoms with Crippen molar-refractivity contribution in [3.63, 3.8) is 0 Å². The smallest absolute Gasteiger partial charge is 0.162 e. The Bertz CT molecular complexity index is 334. The molecule has 2 heteroatoms. The Morgan fingerprint density at radius 1 is 1.17 bits per heavy atom. The molecule has 0 bridgehead atoms. The number of unbranched alkanes of at least 4 members (excludes halogenated alkanes) is 1. The van der Waals surface area contributed by atoms with E-state index in [-0.39, 0.29) is 5.78 Å². The molecule has 1 unspecified atom stereocenters. The molecular weight excluding hydrogens is 288 g/mol. The molecule has 0 aliphatic carbocycles. The summed E-state index contributed by atoms with van der Waals surface area (Å²) in [6.45, 7) is 2.22. The second kappa shape index (κ2) is 9.32. The molecule has 18 heavy (non-hydrogen) atoms. The van der Waals surface area contributed by atoms with Crippen molar-refractivity contribution >= 4 is 21.7 Å². The lowest BCUT2D eigenvalue weighted by Crippen LogP contribution is -2.06. The normalized spacial score (nSPS) is 12.3. The van der Waals surface area contributed by atoms with Crippen LogP contribution in [0.2, 0.25) is 0 Å². The molecule has 100 valence electrons. The Labute approximate surface area is 119 Å². The van der Waals surface area contributed by atoms with Crippen LogP contribution in [0.25, 0.3) is 0 Å². The van der Waals surface area contributed by atoms with Gasteiger partial charge in [-0.3, -0.25) is 4.79 Å². The highest BCUT2D eigenvalue weighted by Crippen LogP contribution is 2.21. The van der Waals surface area contributed by atoms with Gasteiger partial charge in [0.15, 0.2) is 5.78 Å². The van der Waals surface area contributed by atoms with Gasteiger partial charge >= 0.3 is 0 Å². The zero-order chi connectivity index (χ0) is 13.2. The molecule has 0 spiro atoms. The number of halogens is 1. The zero-order valence-electron chi connectivity index (χ0n) is 11.2. The molecule has 0 fully saturated rings. The van der Waals surface area contributed by atoms with Crippen LogP contribution in [-0.2, 0) is 0 Å². The summed E-state index contributed by atoms with van der Waals surface area (Å²) < 4.78 is 0. The molecule has 0 N–H and O–H groups in total. The second-order valence-corrected chi connectivity index (χ2v) is 5.61. The predicted molar refractivity (Wildman–Crippen MR) is 81.4 cm³/mol. The first kappa shape index (κ1) is 15.4. The first-order valence-corrected chi connectivity index (χ1v) is 8.04. The molecular formula is C16H23BrO. The number of Topliss-reactive ketones (excluding diaryl/α,β-unsaturated/α-hetero) is 1. The summed E-state index contributed by atoms with van der Waals surface area (Å²) in [6.07, 6.45) is 6.67. The van der Waals surface area contributed by atoms with E-state index in [2.05, 4.69) is 22.9 Å².